The Morgan fingerprint density at radius 2 is 2.04 bits per heavy atom. The van der Waals surface area contributed by atoms with Crippen LogP contribution in [0.5, 0.6) is 0 Å². The van der Waals surface area contributed by atoms with Gasteiger partial charge in [-0.3, -0.25) is 9.59 Å². The zero-order chi connectivity index (χ0) is 17.5. The fraction of sp³-hybridized carbons (Fsp3) is 0.789. The van der Waals surface area contributed by atoms with Crippen LogP contribution in [0, 0.1) is 5.92 Å². The van der Waals surface area contributed by atoms with Crippen molar-refractivity contribution in [2.75, 3.05) is 13.2 Å². The summed E-state index contributed by atoms with van der Waals surface area (Å²) in [4.78, 5) is 21.3. The summed E-state index contributed by atoms with van der Waals surface area (Å²) in [6, 6.07) is 0. The van der Waals surface area contributed by atoms with E-state index in [9.17, 15) is 9.59 Å². The molecule has 1 saturated heterocycles. The third kappa shape index (κ3) is 15.4. The van der Waals surface area contributed by atoms with Crippen LogP contribution in [0.25, 0.3) is 0 Å². The van der Waals surface area contributed by atoms with E-state index < -0.39 is 0 Å². The smallest absolute Gasteiger partial charge is 0.305 e. The maximum Gasteiger partial charge on any atom is 0.305 e. The summed E-state index contributed by atoms with van der Waals surface area (Å²) in [6.07, 6.45) is 9.65. The minimum atomic E-state index is -0.0565. The third-order valence-electron chi connectivity index (χ3n) is 3.58. The third-order valence-corrected chi connectivity index (χ3v) is 3.58. The molecule has 1 unspecified atom stereocenters. The highest BCUT2D eigenvalue weighted by molar-refractivity contribution is 5.69. The van der Waals surface area contributed by atoms with Crippen LogP contribution in [-0.4, -0.2) is 25.2 Å². The van der Waals surface area contributed by atoms with Crippen LogP contribution in [0.2, 0.25) is 0 Å². The van der Waals surface area contributed by atoms with Crippen LogP contribution in [0.1, 0.15) is 79.1 Å². The van der Waals surface area contributed by atoms with Gasteiger partial charge in [0.1, 0.15) is 0 Å². The molecule has 0 aromatic rings. The molecule has 0 aromatic carbocycles. The van der Waals surface area contributed by atoms with Gasteiger partial charge in [0.2, 0.25) is 0 Å². The summed E-state index contributed by atoms with van der Waals surface area (Å²) in [7, 11) is 0. The average molecular weight is 326 g/mol. The van der Waals surface area contributed by atoms with Crippen molar-refractivity contribution in [1.29, 1.82) is 0 Å². The summed E-state index contributed by atoms with van der Waals surface area (Å²) in [6.45, 7) is 9.66. The lowest BCUT2D eigenvalue weighted by molar-refractivity contribution is -0.146. The molecule has 134 valence electrons. The van der Waals surface area contributed by atoms with E-state index in [2.05, 4.69) is 31.6 Å². The largest absolute Gasteiger partial charge is 0.466 e. The molecule has 1 aliphatic rings. The first-order valence-corrected chi connectivity index (χ1v) is 8.90. The molecular formula is C19H34O4. The Hall–Kier alpha value is -1.32. The number of esters is 2. The monoisotopic (exact) mass is 326 g/mol. The second-order valence-electron chi connectivity index (χ2n) is 6.40. The first-order valence-electron chi connectivity index (χ1n) is 8.90. The van der Waals surface area contributed by atoms with Crippen LogP contribution in [-0.2, 0) is 19.1 Å². The molecule has 23 heavy (non-hydrogen) atoms. The van der Waals surface area contributed by atoms with E-state index in [1.54, 1.807) is 0 Å². The van der Waals surface area contributed by atoms with Crippen molar-refractivity contribution in [3.05, 3.63) is 11.6 Å². The van der Waals surface area contributed by atoms with E-state index in [0.29, 0.717) is 32.0 Å². The fourth-order valence-electron chi connectivity index (χ4n) is 2.08. The van der Waals surface area contributed by atoms with E-state index in [1.807, 2.05) is 6.92 Å². The van der Waals surface area contributed by atoms with Crippen LogP contribution in [0.15, 0.2) is 11.6 Å². The van der Waals surface area contributed by atoms with E-state index in [4.69, 9.17) is 4.74 Å². The zero-order valence-electron chi connectivity index (χ0n) is 15.4. The highest BCUT2D eigenvalue weighted by atomic mass is 16.5. The minimum absolute atomic E-state index is 0.0359. The van der Waals surface area contributed by atoms with Crippen LogP contribution in [0.3, 0.4) is 0 Å². The van der Waals surface area contributed by atoms with Crippen LogP contribution < -0.4 is 0 Å². The first-order chi connectivity index (χ1) is 11.0. The van der Waals surface area contributed by atoms with Gasteiger partial charge in [0.15, 0.2) is 0 Å². The molecular weight excluding hydrogens is 292 g/mol. The average Bonchev–Trinajstić information content (AvgIpc) is 2.48. The van der Waals surface area contributed by atoms with Crippen molar-refractivity contribution in [2.24, 2.45) is 5.92 Å². The highest BCUT2D eigenvalue weighted by Crippen LogP contribution is 2.12. The number of allylic oxidation sites excluding steroid dienone is 2. The maximum absolute atomic E-state index is 11.1. The Bertz CT molecular complexity index is 348. The summed E-state index contributed by atoms with van der Waals surface area (Å²) in [5.74, 6) is 0.537. The topological polar surface area (TPSA) is 52.6 Å². The van der Waals surface area contributed by atoms with Gasteiger partial charge in [-0.1, -0.05) is 25.5 Å². The van der Waals surface area contributed by atoms with Gasteiger partial charge in [-0.05, 0) is 58.3 Å². The fourth-order valence-corrected chi connectivity index (χ4v) is 2.08. The molecule has 1 aliphatic heterocycles. The molecule has 4 heteroatoms. The van der Waals surface area contributed by atoms with E-state index in [0.717, 1.165) is 32.1 Å². The Labute approximate surface area is 141 Å². The van der Waals surface area contributed by atoms with Crippen LogP contribution in [0.4, 0.5) is 0 Å². The number of cyclic esters (lactones) is 1. The summed E-state index contributed by atoms with van der Waals surface area (Å²) < 4.78 is 9.77. The number of carbonyl (C=O) groups excluding carboxylic acids is 2. The summed E-state index contributed by atoms with van der Waals surface area (Å²) in [5.41, 5.74) is 1.38. The molecule has 0 aromatic heterocycles. The number of rotatable bonds is 8. The molecule has 0 N–H and O–H groups in total. The number of hydrogen-bond donors (Lipinski definition) is 0. The molecule has 1 rings (SSSR count). The molecule has 1 atom stereocenters. The Morgan fingerprint density at radius 3 is 2.52 bits per heavy atom. The van der Waals surface area contributed by atoms with Gasteiger partial charge in [-0.2, -0.15) is 0 Å². The predicted octanol–water partition coefficient (Wildman–Crippen LogP) is 4.82. The number of carbonyl (C=O) groups is 2. The predicted molar refractivity (Wildman–Crippen MR) is 93.1 cm³/mol. The van der Waals surface area contributed by atoms with Crippen molar-refractivity contribution < 1.29 is 19.1 Å². The first kappa shape index (κ1) is 21.7. The second kappa shape index (κ2) is 14.3. The lowest BCUT2D eigenvalue weighted by atomic mass is 10.0. The van der Waals surface area contributed by atoms with Gasteiger partial charge in [0, 0.05) is 12.8 Å². The lowest BCUT2D eigenvalue weighted by Gasteiger charge is -2.10. The standard InChI is InChI=1S/C14H26O2.C5H8O2/c1-5-7-14(15)16-11-10-13(4)9-6-8-12(2)3;6-5-3-1-2-4-7-5/h8,13H,5-7,9-11H2,1-4H3;1-4H2. The molecule has 0 radical (unpaired) electrons. The Morgan fingerprint density at radius 1 is 1.30 bits per heavy atom. The van der Waals surface area contributed by atoms with E-state index in [-0.39, 0.29) is 11.9 Å². The Balaban J connectivity index is 0.000000568. The molecule has 0 aliphatic carbocycles. The minimum Gasteiger partial charge on any atom is -0.466 e. The molecule has 4 nitrogen and oxygen atoms in total. The number of ether oxygens (including phenoxy) is 2. The normalized spacial score (nSPS) is 14.9. The lowest BCUT2D eigenvalue weighted by Crippen LogP contribution is -2.10. The summed E-state index contributed by atoms with van der Waals surface area (Å²) >= 11 is 0. The van der Waals surface area contributed by atoms with Gasteiger partial charge >= 0.3 is 11.9 Å². The molecule has 0 amide bonds. The van der Waals surface area contributed by atoms with Gasteiger partial charge in [0.25, 0.3) is 0 Å². The quantitative estimate of drug-likeness (QED) is 0.474. The number of hydrogen-bond acceptors (Lipinski definition) is 4. The molecule has 1 heterocycles. The van der Waals surface area contributed by atoms with E-state index >= 15 is 0 Å². The molecule has 1 fully saturated rings. The van der Waals surface area contributed by atoms with E-state index in [1.165, 1.54) is 12.0 Å². The Kier molecular flexibility index (Phi) is 13.5. The van der Waals surface area contributed by atoms with Gasteiger partial charge < -0.3 is 9.47 Å². The van der Waals surface area contributed by atoms with Crippen molar-refractivity contribution in [1.82, 2.24) is 0 Å². The summed E-state index contributed by atoms with van der Waals surface area (Å²) in [5, 5.41) is 0. The SMILES string of the molecule is CCCC(=O)OCCC(C)CCC=C(C)C.O=C1CCCCO1. The maximum atomic E-state index is 11.1. The molecule has 0 bridgehead atoms. The van der Waals surface area contributed by atoms with Crippen molar-refractivity contribution in [3.8, 4) is 0 Å². The van der Waals surface area contributed by atoms with Crippen molar-refractivity contribution >= 4 is 11.9 Å². The molecule has 0 spiro atoms. The van der Waals surface area contributed by atoms with Crippen LogP contribution >= 0.6 is 0 Å². The van der Waals surface area contributed by atoms with Gasteiger partial charge in [-0.15, -0.1) is 0 Å². The van der Waals surface area contributed by atoms with Crippen molar-refractivity contribution in [2.45, 2.75) is 79.1 Å². The van der Waals surface area contributed by atoms with Gasteiger partial charge in [-0.25, -0.2) is 0 Å². The molecule has 0 saturated carbocycles. The zero-order valence-corrected chi connectivity index (χ0v) is 15.4. The van der Waals surface area contributed by atoms with Gasteiger partial charge in [0.05, 0.1) is 13.2 Å². The highest BCUT2D eigenvalue weighted by Gasteiger charge is 2.06. The van der Waals surface area contributed by atoms with Crippen molar-refractivity contribution in [3.63, 3.8) is 0 Å². The second-order valence-corrected chi connectivity index (χ2v) is 6.40.